The zero-order valence-electron chi connectivity index (χ0n) is 9.15. The Morgan fingerprint density at radius 1 is 1.12 bits per heavy atom. The maximum atomic E-state index is 12.4. The number of sulfonamides is 1. The third-order valence-electron chi connectivity index (χ3n) is 1.89. The minimum absolute atomic E-state index is 0.137. The molecule has 0 rings (SSSR count). The van der Waals surface area contributed by atoms with Crippen LogP contribution in [-0.2, 0) is 10.0 Å². The Kier molecular flexibility index (Phi) is 5.79. The van der Waals surface area contributed by atoms with E-state index in [1.54, 1.807) is 6.92 Å². The molecule has 0 heterocycles. The molecule has 9 heteroatoms. The number of rotatable bonds is 7. The lowest BCUT2D eigenvalue weighted by molar-refractivity contribution is -0.284. The van der Waals surface area contributed by atoms with Crippen LogP contribution in [0.15, 0.2) is 0 Å². The van der Waals surface area contributed by atoms with Crippen LogP contribution >= 0.6 is 0 Å². The minimum atomic E-state index is -5.63. The van der Waals surface area contributed by atoms with Crippen LogP contribution in [-0.4, -0.2) is 32.8 Å². The van der Waals surface area contributed by atoms with Crippen LogP contribution in [0.1, 0.15) is 26.2 Å². The van der Waals surface area contributed by atoms with E-state index in [-0.39, 0.29) is 6.54 Å². The van der Waals surface area contributed by atoms with Gasteiger partial charge in [-0.15, -0.1) is 0 Å². The molecule has 1 N–H and O–H groups in total. The van der Waals surface area contributed by atoms with E-state index in [4.69, 9.17) is 0 Å². The van der Waals surface area contributed by atoms with Gasteiger partial charge < -0.3 is 0 Å². The number of alkyl halides is 5. The Bertz CT molecular complexity index is 325. The van der Waals surface area contributed by atoms with Crippen LogP contribution in [0.5, 0.6) is 0 Å². The maximum Gasteiger partial charge on any atom is 0.453 e. The molecule has 0 aliphatic carbocycles. The summed E-state index contributed by atoms with van der Waals surface area (Å²) in [6.07, 6.45) is -7.39. The zero-order valence-corrected chi connectivity index (χ0v) is 9.97. The predicted molar refractivity (Wildman–Crippen MR) is 52.3 cm³/mol. The lowest BCUT2D eigenvalue weighted by Crippen LogP contribution is -2.37. The summed E-state index contributed by atoms with van der Waals surface area (Å²) in [6.45, 7) is 1.83. The standard InChI is InChI=1S/C8H14F5NO2S/c1-2-5-14-17(15,16)6-3-4-7(9,10)8(11,12)13/h14H,2-6H2,1H3. The molecule has 0 atom stereocenters. The third-order valence-corrected chi connectivity index (χ3v) is 3.36. The first-order valence-corrected chi connectivity index (χ1v) is 6.59. The van der Waals surface area contributed by atoms with Gasteiger partial charge in [0.25, 0.3) is 0 Å². The van der Waals surface area contributed by atoms with E-state index in [0.29, 0.717) is 6.42 Å². The number of nitrogens with one attached hydrogen (secondary N) is 1. The van der Waals surface area contributed by atoms with Crippen molar-refractivity contribution in [1.82, 2.24) is 4.72 Å². The van der Waals surface area contributed by atoms with Crippen molar-refractivity contribution in [2.75, 3.05) is 12.3 Å². The fourth-order valence-electron chi connectivity index (χ4n) is 0.956. The summed E-state index contributed by atoms with van der Waals surface area (Å²) in [5.74, 6) is -5.58. The van der Waals surface area contributed by atoms with Crippen LogP contribution in [0.4, 0.5) is 22.0 Å². The first-order chi connectivity index (χ1) is 7.52. The van der Waals surface area contributed by atoms with Crippen molar-refractivity contribution in [1.29, 1.82) is 0 Å². The second-order valence-electron chi connectivity index (χ2n) is 3.52. The van der Waals surface area contributed by atoms with Gasteiger partial charge in [0.1, 0.15) is 0 Å². The van der Waals surface area contributed by atoms with E-state index >= 15 is 0 Å². The smallest absolute Gasteiger partial charge is 0.215 e. The molecular weight excluding hydrogens is 269 g/mol. The molecule has 3 nitrogen and oxygen atoms in total. The van der Waals surface area contributed by atoms with Crippen molar-refractivity contribution >= 4 is 10.0 Å². The first-order valence-electron chi connectivity index (χ1n) is 4.94. The fourth-order valence-corrected chi connectivity index (χ4v) is 2.14. The molecule has 0 radical (unpaired) electrons. The monoisotopic (exact) mass is 283 g/mol. The lowest BCUT2D eigenvalue weighted by atomic mass is 10.2. The molecule has 104 valence electrons. The van der Waals surface area contributed by atoms with E-state index in [1.165, 1.54) is 0 Å². The number of hydrogen-bond donors (Lipinski definition) is 1. The Balaban J connectivity index is 4.16. The normalized spacial score (nSPS) is 14.0. The summed E-state index contributed by atoms with van der Waals surface area (Å²) in [4.78, 5) is 0. The summed E-state index contributed by atoms with van der Waals surface area (Å²) >= 11 is 0. The highest BCUT2D eigenvalue weighted by Gasteiger charge is 2.56. The third kappa shape index (κ3) is 6.16. The number of halogens is 5. The van der Waals surface area contributed by atoms with Crippen molar-refractivity contribution in [3.05, 3.63) is 0 Å². The molecule has 0 fully saturated rings. The van der Waals surface area contributed by atoms with Crippen molar-refractivity contribution in [2.24, 2.45) is 0 Å². The van der Waals surface area contributed by atoms with Crippen LogP contribution in [0.25, 0.3) is 0 Å². The molecular formula is C8H14F5NO2S. The van der Waals surface area contributed by atoms with Gasteiger partial charge in [0.2, 0.25) is 10.0 Å². The highest BCUT2D eigenvalue weighted by Crippen LogP contribution is 2.38. The molecule has 0 aromatic carbocycles. The van der Waals surface area contributed by atoms with Crippen molar-refractivity contribution in [3.63, 3.8) is 0 Å². The first kappa shape index (κ1) is 16.6. The number of hydrogen-bond acceptors (Lipinski definition) is 2. The fraction of sp³-hybridized carbons (Fsp3) is 1.00. The van der Waals surface area contributed by atoms with Gasteiger partial charge in [-0.05, 0) is 12.8 Å². The Morgan fingerprint density at radius 2 is 1.65 bits per heavy atom. The van der Waals surface area contributed by atoms with Crippen LogP contribution < -0.4 is 4.72 Å². The van der Waals surface area contributed by atoms with Gasteiger partial charge in [-0.3, -0.25) is 0 Å². The second kappa shape index (κ2) is 5.94. The predicted octanol–water partition coefficient (Wildman–Crippen LogP) is 2.29. The SMILES string of the molecule is CCCNS(=O)(=O)CCCC(F)(F)C(F)(F)F. The van der Waals surface area contributed by atoms with Crippen molar-refractivity contribution in [2.45, 2.75) is 38.3 Å². The molecule has 0 spiro atoms. The molecule has 0 amide bonds. The van der Waals surface area contributed by atoms with Crippen molar-refractivity contribution < 1.29 is 30.4 Å². The van der Waals surface area contributed by atoms with Gasteiger partial charge in [0, 0.05) is 13.0 Å². The average molecular weight is 283 g/mol. The lowest BCUT2D eigenvalue weighted by Gasteiger charge is -2.19. The summed E-state index contributed by atoms with van der Waals surface area (Å²) in [5.41, 5.74) is 0. The van der Waals surface area contributed by atoms with Gasteiger partial charge >= 0.3 is 12.1 Å². The van der Waals surface area contributed by atoms with Gasteiger partial charge in [-0.1, -0.05) is 6.92 Å². The Labute approximate surface area is 96.4 Å². The summed E-state index contributed by atoms with van der Waals surface area (Å²) < 4.78 is 84.3. The molecule has 0 saturated carbocycles. The molecule has 0 saturated heterocycles. The van der Waals surface area contributed by atoms with Crippen LogP contribution in [0.3, 0.4) is 0 Å². The van der Waals surface area contributed by atoms with Gasteiger partial charge in [0.15, 0.2) is 0 Å². The molecule has 0 aliphatic heterocycles. The Morgan fingerprint density at radius 3 is 2.06 bits per heavy atom. The quantitative estimate of drug-likeness (QED) is 0.729. The van der Waals surface area contributed by atoms with E-state index in [1.807, 2.05) is 0 Å². The van der Waals surface area contributed by atoms with Gasteiger partial charge in [-0.25, -0.2) is 13.1 Å². The highest BCUT2D eigenvalue weighted by atomic mass is 32.2. The van der Waals surface area contributed by atoms with E-state index in [2.05, 4.69) is 4.72 Å². The summed E-state index contributed by atoms with van der Waals surface area (Å²) in [7, 11) is -3.76. The van der Waals surface area contributed by atoms with Gasteiger partial charge in [0.05, 0.1) is 5.75 Å². The molecule has 0 bridgehead atoms. The summed E-state index contributed by atoms with van der Waals surface area (Å²) in [6, 6.07) is 0. The molecule has 0 aromatic rings. The average Bonchev–Trinajstić information content (AvgIpc) is 2.12. The topological polar surface area (TPSA) is 46.2 Å². The second-order valence-corrected chi connectivity index (χ2v) is 5.45. The van der Waals surface area contributed by atoms with Crippen molar-refractivity contribution in [3.8, 4) is 0 Å². The van der Waals surface area contributed by atoms with Crippen LogP contribution in [0, 0.1) is 0 Å². The maximum absolute atomic E-state index is 12.4. The molecule has 17 heavy (non-hydrogen) atoms. The minimum Gasteiger partial charge on any atom is -0.215 e. The van der Waals surface area contributed by atoms with E-state index in [9.17, 15) is 30.4 Å². The summed E-state index contributed by atoms with van der Waals surface area (Å²) in [5, 5.41) is 0. The van der Waals surface area contributed by atoms with Gasteiger partial charge in [-0.2, -0.15) is 22.0 Å². The van der Waals surface area contributed by atoms with E-state index < -0.39 is 40.7 Å². The molecule has 0 aromatic heterocycles. The molecule has 0 aliphatic rings. The highest BCUT2D eigenvalue weighted by molar-refractivity contribution is 7.89. The largest absolute Gasteiger partial charge is 0.453 e. The Hall–Kier alpha value is -0.440. The molecule has 0 unspecified atom stereocenters. The van der Waals surface area contributed by atoms with Crippen LogP contribution in [0.2, 0.25) is 0 Å². The zero-order chi connectivity index (χ0) is 13.7. The van der Waals surface area contributed by atoms with E-state index in [0.717, 1.165) is 0 Å².